The standard InChI is InChI=1S/C36H39FN2O6/c1-42-31-16-12-26(21-33(31)44-3)18-19-38-36(41)30(20-25-8-6-5-7-9-25)39(24-27-10-14-29(37)15-11-27)35(40)23-28-13-17-32(43-2)34(22-28)45-4/h5-17,21-22,30H,18-20,23-24H2,1-4H3,(H,38,41)/t30-/m1/s1. The van der Waals surface area contributed by atoms with Crippen molar-refractivity contribution < 1.29 is 32.9 Å². The van der Waals surface area contributed by atoms with Crippen LogP contribution in [0.25, 0.3) is 0 Å². The Hall–Kier alpha value is -5.05. The van der Waals surface area contributed by atoms with Gasteiger partial charge in [-0.25, -0.2) is 4.39 Å². The van der Waals surface area contributed by atoms with Crippen LogP contribution < -0.4 is 24.3 Å². The molecule has 236 valence electrons. The van der Waals surface area contributed by atoms with Gasteiger partial charge in [0.2, 0.25) is 11.8 Å². The van der Waals surface area contributed by atoms with E-state index in [2.05, 4.69) is 5.32 Å². The van der Waals surface area contributed by atoms with Gasteiger partial charge in [0.25, 0.3) is 0 Å². The van der Waals surface area contributed by atoms with Crippen LogP contribution in [0.4, 0.5) is 4.39 Å². The Balaban J connectivity index is 1.61. The summed E-state index contributed by atoms with van der Waals surface area (Å²) < 4.78 is 35.3. The number of carbonyl (C=O) groups is 2. The summed E-state index contributed by atoms with van der Waals surface area (Å²) in [6.45, 7) is 0.459. The third-order valence-electron chi connectivity index (χ3n) is 7.50. The molecule has 0 spiro atoms. The number of halogens is 1. The summed E-state index contributed by atoms with van der Waals surface area (Å²) in [4.78, 5) is 29.6. The Morgan fingerprint density at radius 3 is 1.84 bits per heavy atom. The summed E-state index contributed by atoms with van der Waals surface area (Å²) in [6, 6.07) is 25.6. The molecule has 2 amide bonds. The van der Waals surface area contributed by atoms with E-state index in [1.807, 2.05) is 48.5 Å². The molecule has 0 saturated heterocycles. The predicted octanol–water partition coefficient (Wildman–Crippen LogP) is 5.40. The van der Waals surface area contributed by atoms with Crippen molar-refractivity contribution in [1.82, 2.24) is 10.2 Å². The third-order valence-corrected chi connectivity index (χ3v) is 7.50. The van der Waals surface area contributed by atoms with Gasteiger partial charge in [0.1, 0.15) is 11.9 Å². The number of rotatable bonds is 15. The number of benzene rings is 4. The molecule has 0 aromatic heterocycles. The minimum Gasteiger partial charge on any atom is -0.493 e. The van der Waals surface area contributed by atoms with Gasteiger partial charge >= 0.3 is 0 Å². The van der Waals surface area contributed by atoms with Crippen molar-refractivity contribution in [3.05, 3.63) is 119 Å². The molecule has 0 radical (unpaired) electrons. The fourth-order valence-electron chi connectivity index (χ4n) is 5.09. The van der Waals surface area contributed by atoms with Gasteiger partial charge in [-0.15, -0.1) is 0 Å². The highest BCUT2D eigenvalue weighted by molar-refractivity contribution is 5.89. The van der Waals surface area contributed by atoms with Crippen molar-refractivity contribution >= 4 is 11.8 Å². The van der Waals surface area contributed by atoms with Gasteiger partial charge in [-0.05, 0) is 65.1 Å². The monoisotopic (exact) mass is 614 g/mol. The van der Waals surface area contributed by atoms with Crippen molar-refractivity contribution in [3.63, 3.8) is 0 Å². The van der Waals surface area contributed by atoms with Crippen molar-refractivity contribution in [2.45, 2.75) is 31.8 Å². The summed E-state index contributed by atoms with van der Waals surface area (Å²) in [5, 5.41) is 3.04. The van der Waals surface area contributed by atoms with Crippen LogP contribution in [0.1, 0.15) is 22.3 Å². The molecule has 0 bridgehead atoms. The molecule has 9 heteroatoms. The minimum atomic E-state index is -0.837. The van der Waals surface area contributed by atoms with Crippen molar-refractivity contribution in [2.75, 3.05) is 35.0 Å². The molecule has 45 heavy (non-hydrogen) atoms. The van der Waals surface area contributed by atoms with Crippen LogP contribution in [0.2, 0.25) is 0 Å². The Morgan fingerprint density at radius 2 is 1.24 bits per heavy atom. The topological polar surface area (TPSA) is 86.3 Å². The lowest BCUT2D eigenvalue weighted by Crippen LogP contribution is -2.51. The molecule has 4 rings (SSSR count). The molecule has 8 nitrogen and oxygen atoms in total. The lowest BCUT2D eigenvalue weighted by atomic mass is 10.0. The second kappa shape index (κ2) is 16.1. The number of nitrogens with one attached hydrogen (secondary N) is 1. The van der Waals surface area contributed by atoms with Gasteiger partial charge in [-0.1, -0.05) is 54.6 Å². The molecule has 4 aromatic carbocycles. The fourth-order valence-corrected chi connectivity index (χ4v) is 5.09. The first-order valence-electron chi connectivity index (χ1n) is 14.6. The van der Waals surface area contributed by atoms with Crippen LogP contribution in [-0.4, -0.2) is 57.7 Å². The van der Waals surface area contributed by atoms with Crippen LogP contribution in [-0.2, 0) is 35.4 Å². The first-order valence-corrected chi connectivity index (χ1v) is 14.6. The molecule has 0 heterocycles. The second-order valence-electron chi connectivity index (χ2n) is 10.5. The summed E-state index contributed by atoms with van der Waals surface area (Å²) in [5.74, 6) is 1.35. The molecule has 1 atom stereocenters. The van der Waals surface area contributed by atoms with Gasteiger partial charge in [-0.2, -0.15) is 0 Å². The molecular formula is C36H39FN2O6. The van der Waals surface area contributed by atoms with E-state index in [0.29, 0.717) is 53.5 Å². The average Bonchev–Trinajstić information content (AvgIpc) is 3.07. The molecular weight excluding hydrogens is 575 g/mol. The summed E-state index contributed by atoms with van der Waals surface area (Å²) in [7, 11) is 6.23. The van der Waals surface area contributed by atoms with E-state index in [4.69, 9.17) is 18.9 Å². The summed E-state index contributed by atoms with van der Waals surface area (Å²) in [5.41, 5.74) is 3.27. The highest BCUT2D eigenvalue weighted by Crippen LogP contribution is 2.29. The van der Waals surface area contributed by atoms with Gasteiger partial charge in [0.05, 0.1) is 34.9 Å². The summed E-state index contributed by atoms with van der Waals surface area (Å²) in [6.07, 6.45) is 0.857. The predicted molar refractivity (Wildman–Crippen MR) is 170 cm³/mol. The SMILES string of the molecule is COc1ccc(CCNC(=O)[C@@H](Cc2ccccc2)N(Cc2ccc(F)cc2)C(=O)Cc2ccc(OC)c(OC)c2)cc1OC. The molecule has 1 N–H and O–H groups in total. The summed E-state index contributed by atoms with van der Waals surface area (Å²) >= 11 is 0. The van der Waals surface area contributed by atoms with E-state index in [9.17, 15) is 14.0 Å². The van der Waals surface area contributed by atoms with E-state index in [1.165, 1.54) is 19.2 Å². The Kier molecular flexibility index (Phi) is 11.8. The Labute approximate surface area is 263 Å². The number of methoxy groups -OCH3 is 4. The Morgan fingerprint density at radius 1 is 0.689 bits per heavy atom. The van der Waals surface area contributed by atoms with E-state index < -0.39 is 6.04 Å². The second-order valence-corrected chi connectivity index (χ2v) is 10.5. The maximum atomic E-state index is 14.1. The molecule has 0 aliphatic carbocycles. The molecule has 0 saturated carbocycles. The number of ether oxygens (including phenoxy) is 4. The lowest BCUT2D eigenvalue weighted by Gasteiger charge is -2.32. The number of hydrogen-bond donors (Lipinski definition) is 1. The first kappa shape index (κ1) is 32.9. The molecule has 0 fully saturated rings. The van der Waals surface area contributed by atoms with Gasteiger partial charge in [0.15, 0.2) is 23.0 Å². The minimum absolute atomic E-state index is 0.0196. The van der Waals surface area contributed by atoms with Crippen molar-refractivity contribution in [1.29, 1.82) is 0 Å². The van der Waals surface area contributed by atoms with Gasteiger partial charge < -0.3 is 29.2 Å². The third kappa shape index (κ3) is 8.98. The highest BCUT2D eigenvalue weighted by Gasteiger charge is 2.30. The number of amides is 2. The maximum Gasteiger partial charge on any atom is 0.243 e. The number of carbonyl (C=O) groups excluding carboxylic acids is 2. The number of nitrogens with zero attached hydrogens (tertiary/aromatic N) is 1. The zero-order valence-corrected chi connectivity index (χ0v) is 26.0. The van der Waals surface area contributed by atoms with Crippen LogP contribution in [0.5, 0.6) is 23.0 Å². The quantitative estimate of drug-likeness (QED) is 0.193. The zero-order chi connectivity index (χ0) is 32.2. The smallest absolute Gasteiger partial charge is 0.243 e. The Bertz CT molecular complexity index is 1560. The lowest BCUT2D eigenvalue weighted by molar-refractivity contribution is -0.140. The van der Waals surface area contributed by atoms with Crippen molar-refractivity contribution in [2.24, 2.45) is 0 Å². The van der Waals surface area contributed by atoms with Crippen LogP contribution in [0, 0.1) is 5.82 Å². The molecule has 0 aliphatic heterocycles. The zero-order valence-electron chi connectivity index (χ0n) is 26.0. The van der Waals surface area contributed by atoms with E-state index in [-0.39, 0.29) is 30.6 Å². The van der Waals surface area contributed by atoms with Crippen molar-refractivity contribution in [3.8, 4) is 23.0 Å². The average molecular weight is 615 g/mol. The normalized spacial score (nSPS) is 11.3. The maximum absolute atomic E-state index is 14.1. The largest absolute Gasteiger partial charge is 0.493 e. The van der Waals surface area contributed by atoms with Gasteiger partial charge in [-0.3, -0.25) is 9.59 Å². The fraction of sp³-hybridized carbons (Fsp3) is 0.278. The molecule has 0 aliphatic rings. The van der Waals surface area contributed by atoms with Gasteiger partial charge in [0, 0.05) is 19.5 Å². The van der Waals surface area contributed by atoms with Crippen LogP contribution >= 0.6 is 0 Å². The highest BCUT2D eigenvalue weighted by atomic mass is 19.1. The number of hydrogen-bond acceptors (Lipinski definition) is 6. The first-order chi connectivity index (χ1) is 21.8. The van der Waals surface area contributed by atoms with E-state index >= 15 is 0 Å². The molecule has 0 unspecified atom stereocenters. The van der Waals surface area contributed by atoms with Crippen LogP contribution in [0.15, 0.2) is 91.0 Å². The molecule has 4 aromatic rings. The van der Waals surface area contributed by atoms with Crippen LogP contribution in [0.3, 0.4) is 0 Å². The van der Waals surface area contributed by atoms with E-state index in [0.717, 1.165) is 11.1 Å². The van der Waals surface area contributed by atoms with E-state index in [1.54, 1.807) is 56.6 Å².